The van der Waals surface area contributed by atoms with Gasteiger partial charge in [0.1, 0.15) is 5.65 Å². The van der Waals surface area contributed by atoms with Crippen LogP contribution in [0.2, 0.25) is 0 Å². The average Bonchev–Trinajstić information content (AvgIpc) is 3.65. The number of rotatable bonds is 2. The van der Waals surface area contributed by atoms with Crippen LogP contribution in [-0.2, 0) is 0 Å². The van der Waals surface area contributed by atoms with Crippen molar-refractivity contribution in [3.05, 3.63) is 128 Å². The molecule has 0 spiro atoms. The summed E-state index contributed by atoms with van der Waals surface area (Å²) in [4.78, 5) is 5.06. The van der Waals surface area contributed by atoms with Crippen LogP contribution in [0.4, 0.5) is 0 Å². The number of aromatic nitrogens is 3. The van der Waals surface area contributed by atoms with Crippen LogP contribution < -0.4 is 0 Å². The Balaban J connectivity index is 1.30. The molecule has 39 heavy (non-hydrogen) atoms. The van der Waals surface area contributed by atoms with Gasteiger partial charge >= 0.3 is 0 Å². The van der Waals surface area contributed by atoms with Crippen molar-refractivity contribution in [2.45, 2.75) is 0 Å². The van der Waals surface area contributed by atoms with Gasteiger partial charge in [0.25, 0.3) is 0 Å². The van der Waals surface area contributed by atoms with Gasteiger partial charge < -0.3 is 4.57 Å². The van der Waals surface area contributed by atoms with E-state index in [1.807, 2.05) is 11.3 Å². The fraction of sp³-hybridized carbons (Fsp3) is 0. The zero-order chi connectivity index (χ0) is 25.5. The van der Waals surface area contributed by atoms with Crippen LogP contribution in [0.25, 0.3) is 75.3 Å². The number of hydrogen-bond acceptors (Lipinski definition) is 2. The molecule has 0 bridgehead atoms. The Labute approximate surface area is 227 Å². The molecule has 0 amide bonds. The molecule has 3 nitrogen and oxygen atoms in total. The summed E-state index contributed by atoms with van der Waals surface area (Å²) in [7, 11) is 0. The van der Waals surface area contributed by atoms with Crippen molar-refractivity contribution in [2.24, 2.45) is 0 Å². The van der Waals surface area contributed by atoms with Crippen molar-refractivity contribution in [3.63, 3.8) is 0 Å². The van der Waals surface area contributed by atoms with Crippen molar-refractivity contribution in [2.75, 3.05) is 0 Å². The molecular formula is C35H21N3S. The number of fused-ring (bicyclic) bond motifs is 10. The molecule has 0 fully saturated rings. The van der Waals surface area contributed by atoms with E-state index >= 15 is 0 Å². The standard InChI is InChI=1S/C35H21N3S/c1-5-13-29-24(9-1)25-10-2-6-14-30(25)37(29)22-17-19-23(20-18-22)38-31-15-7-3-12-27(31)33-34-28(21-36-35(33)38)26-11-4-8-16-32(26)39-34/h1-21H. The second-order valence-electron chi connectivity index (χ2n) is 10.0. The highest BCUT2D eigenvalue weighted by Crippen LogP contribution is 2.42. The van der Waals surface area contributed by atoms with E-state index in [0.29, 0.717) is 0 Å². The number of pyridine rings is 1. The van der Waals surface area contributed by atoms with Crippen molar-refractivity contribution >= 4 is 75.3 Å². The van der Waals surface area contributed by atoms with Gasteiger partial charge in [0.05, 0.1) is 16.6 Å². The van der Waals surface area contributed by atoms with Crippen molar-refractivity contribution < 1.29 is 0 Å². The second kappa shape index (κ2) is 7.79. The molecule has 0 aliphatic carbocycles. The number of para-hydroxylation sites is 3. The smallest absolute Gasteiger partial charge is 0.147 e. The van der Waals surface area contributed by atoms with E-state index in [9.17, 15) is 0 Å². The summed E-state index contributed by atoms with van der Waals surface area (Å²) in [5, 5.41) is 7.53. The quantitative estimate of drug-likeness (QED) is 0.225. The van der Waals surface area contributed by atoms with E-state index < -0.39 is 0 Å². The molecule has 4 heterocycles. The van der Waals surface area contributed by atoms with Gasteiger partial charge in [-0.3, -0.25) is 4.57 Å². The van der Waals surface area contributed by atoms with Crippen molar-refractivity contribution in [1.82, 2.24) is 14.1 Å². The molecule has 182 valence electrons. The van der Waals surface area contributed by atoms with Crippen LogP contribution in [0.15, 0.2) is 128 Å². The molecule has 0 unspecified atom stereocenters. The molecule has 0 aliphatic rings. The van der Waals surface area contributed by atoms with Crippen molar-refractivity contribution in [3.8, 4) is 11.4 Å². The summed E-state index contributed by atoms with van der Waals surface area (Å²) in [6.07, 6.45) is 2.05. The first-order valence-corrected chi connectivity index (χ1v) is 14.0. The van der Waals surface area contributed by atoms with E-state index in [4.69, 9.17) is 4.98 Å². The van der Waals surface area contributed by atoms with Crippen LogP contribution in [-0.4, -0.2) is 14.1 Å². The summed E-state index contributed by atoms with van der Waals surface area (Å²) in [6.45, 7) is 0. The Morgan fingerprint density at radius 3 is 1.64 bits per heavy atom. The highest BCUT2D eigenvalue weighted by Gasteiger charge is 2.19. The van der Waals surface area contributed by atoms with Crippen LogP contribution in [0.3, 0.4) is 0 Å². The first kappa shape index (κ1) is 21.1. The normalized spacial score (nSPS) is 12.1. The second-order valence-corrected chi connectivity index (χ2v) is 11.1. The fourth-order valence-corrected chi connectivity index (χ4v) is 7.52. The van der Waals surface area contributed by atoms with E-state index in [0.717, 1.165) is 17.0 Å². The molecule has 0 saturated heterocycles. The van der Waals surface area contributed by atoms with Crippen molar-refractivity contribution in [1.29, 1.82) is 0 Å². The van der Waals surface area contributed by atoms with Gasteiger partial charge in [0, 0.05) is 59.3 Å². The van der Waals surface area contributed by atoms with Gasteiger partial charge in [0.15, 0.2) is 0 Å². The van der Waals surface area contributed by atoms with E-state index in [1.54, 1.807) is 0 Å². The van der Waals surface area contributed by atoms with Gasteiger partial charge in [-0.25, -0.2) is 4.98 Å². The largest absolute Gasteiger partial charge is 0.309 e. The maximum atomic E-state index is 5.06. The molecule has 5 aromatic carbocycles. The zero-order valence-corrected chi connectivity index (χ0v) is 21.7. The molecule has 4 aromatic heterocycles. The van der Waals surface area contributed by atoms with Crippen LogP contribution in [0.5, 0.6) is 0 Å². The fourth-order valence-electron chi connectivity index (χ4n) is 6.29. The highest BCUT2D eigenvalue weighted by molar-refractivity contribution is 7.26. The Hall–Kier alpha value is -4.93. The Morgan fingerprint density at radius 2 is 0.974 bits per heavy atom. The zero-order valence-electron chi connectivity index (χ0n) is 20.9. The molecule has 0 aliphatic heterocycles. The predicted molar refractivity (Wildman–Crippen MR) is 166 cm³/mol. The summed E-state index contributed by atoms with van der Waals surface area (Å²) < 4.78 is 7.27. The molecule has 0 atom stereocenters. The minimum Gasteiger partial charge on any atom is -0.309 e. The SMILES string of the molecule is c1ccc2c(c1)sc1c2cnc2c1c1ccccc1n2-c1ccc(-n2c3ccccc3c3ccccc32)cc1. The highest BCUT2D eigenvalue weighted by atomic mass is 32.1. The lowest BCUT2D eigenvalue weighted by atomic mass is 10.1. The monoisotopic (exact) mass is 515 g/mol. The van der Waals surface area contributed by atoms with Gasteiger partial charge in [-0.2, -0.15) is 0 Å². The predicted octanol–water partition coefficient (Wildman–Crippen LogP) is 9.64. The minimum absolute atomic E-state index is 1.000. The number of hydrogen-bond donors (Lipinski definition) is 0. The minimum atomic E-state index is 1.000. The third kappa shape index (κ3) is 2.84. The topological polar surface area (TPSA) is 22.8 Å². The summed E-state index contributed by atoms with van der Waals surface area (Å²) in [5.41, 5.74) is 6.87. The maximum absolute atomic E-state index is 5.06. The van der Waals surface area contributed by atoms with E-state index in [2.05, 4.69) is 137 Å². The lowest BCUT2D eigenvalue weighted by molar-refractivity contribution is 1.12. The summed E-state index contributed by atoms with van der Waals surface area (Å²) in [5.74, 6) is 0. The van der Waals surface area contributed by atoms with Gasteiger partial charge in [-0.05, 0) is 48.5 Å². The number of benzene rings is 5. The Bertz CT molecular complexity index is 2330. The molecule has 9 aromatic rings. The first-order chi connectivity index (χ1) is 19.4. The number of nitrogens with zero attached hydrogens (tertiary/aromatic N) is 3. The van der Waals surface area contributed by atoms with Crippen LogP contribution in [0.1, 0.15) is 0 Å². The summed E-state index contributed by atoms with van der Waals surface area (Å²) >= 11 is 1.86. The number of thiophene rings is 1. The van der Waals surface area contributed by atoms with Gasteiger partial charge in [-0.1, -0.05) is 72.8 Å². The lowest BCUT2D eigenvalue weighted by Gasteiger charge is -2.11. The molecule has 0 N–H and O–H groups in total. The van der Waals surface area contributed by atoms with Gasteiger partial charge in [0.2, 0.25) is 0 Å². The van der Waals surface area contributed by atoms with E-state index in [-0.39, 0.29) is 0 Å². The third-order valence-electron chi connectivity index (χ3n) is 7.97. The molecule has 0 radical (unpaired) electrons. The lowest BCUT2D eigenvalue weighted by Crippen LogP contribution is -1.98. The summed E-state index contributed by atoms with van der Waals surface area (Å²) in [6, 6.07) is 43.5. The Morgan fingerprint density at radius 1 is 0.462 bits per heavy atom. The molecule has 4 heteroatoms. The average molecular weight is 516 g/mol. The van der Waals surface area contributed by atoms with Crippen LogP contribution >= 0.6 is 11.3 Å². The van der Waals surface area contributed by atoms with Gasteiger partial charge in [-0.15, -0.1) is 11.3 Å². The van der Waals surface area contributed by atoms with E-state index in [1.165, 1.54) is 58.3 Å². The van der Waals surface area contributed by atoms with Crippen LogP contribution in [0, 0.1) is 0 Å². The first-order valence-electron chi connectivity index (χ1n) is 13.2. The maximum Gasteiger partial charge on any atom is 0.147 e. The molecule has 9 rings (SSSR count). The third-order valence-corrected chi connectivity index (χ3v) is 9.18. The molecular weight excluding hydrogens is 494 g/mol. The Kier molecular flexibility index (Phi) is 4.21. The molecule has 0 saturated carbocycles.